The van der Waals surface area contributed by atoms with Crippen molar-refractivity contribution in [3.63, 3.8) is 0 Å². The number of anilines is 1. The molecule has 0 bridgehead atoms. The molecule has 0 amide bonds. The molecule has 6 heteroatoms. The summed E-state index contributed by atoms with van der Waals surface area (Å²) in [5.74, 6) is 0.460. The molecule has 5 nitrogen and oxygen atoms in total. The summed E-state index contributed by atoms with van der Waals surface area (Å²) in [6.07, 6.45) is 2.66. The van der Waals surface area contributed by atoms with Crippen LogP contribution in [0.4, 0.5) is 10.1 Å². The topological polar surface area (TPSA) is 48.1 Å². The van der Waals surface area contributed by atoms with Crippen molar-refractivity contribution in [3.8, 4) is 0 Å². The van der Waals surface area contributed by atoms with Gasteiger partial charge in [-0.1, -0.05) is 6.92 Å². The van der Waals surface area contributed by atoms with Crippen LogP contribution < -0.4 is 10.6 Å². The molecule has 24 heavy (non-hydrogen) atoms. The Balaban J connectivity index is 1.44. The van der Waals surface area contributed by atoms with Crippen LogP contribution in [0.15, 0.2) is 29.3 Å². The molecule has 0 radical (unpaired) electrons. The van der Waals surface area contributed by atoms with E-state index in [1.807, 2.05) is 12.1 Å². The van der Waals surface area contributed by atoms with Crippen LogP contribution in [-0.4, -0.2) is 67.6 Å². The molecule has 2 N–H and O–H groups in total. The van der Waals surface area contributed by atoms with Crippen LogP contribution in [0.1, 0.15) is 19.8 Å². The Morgan fingerprint density at radius 2 is 1.88 bits per heavy atom. The van der Waals surface area contributed by atoms with E-state index in [2.05, 4.69) is 26.6 Å². The SMILES string of the molecule is CCN(CCN=C(N)N1CCN(c2ccc(F)cc2)CC1)C1CC1. The number of rotatable bonds is 6. The summed E-state index contributed by atoms with van der Waals surface area (Å²) in [6.45, 7) is 8.54. The van der Waals surface area contributed by atoms with E-state index in [4.69, 9.17) is 5.73 Å². The van der Waals surface area contributed by atoms with Crippen molar-refractivity contribution in [2.24, 2.45) is 10.7 Å². The lowest BCUT2D eigenvalue weighted by atomic mass is 10.2. The summed E-state index contributed by atoms with van der Waals surface area (Å²) < 4.78 is 13.0. The number of likely N-dealkylation sites (N-methyl/N-ethyl adjacent to an activating group) is 1. The summed E-state index contributed by atoms with van der Waals surface area (Å²) in [7, 11) is 0. The van der Waals surface area contributed by atoms with Crippen LogP contribution in [0, 0.1) is 5.82 Å². The minimum atomic E-state index is -0.193. The molecule has 132 valence electrons. The molecule has 0 atom stereocenters. The van der Waals surface area contributed by atoms with Crippen LogP contribution in [0.3, 0.4) is 0 Å². The van der Waals surface area contributed by atoms with Crippen molar-refractivity contribution >= 4 is 11.6 Å². The highest BCUT2D eigenvalue weighted by molar-refractivity contribution is 5.78. The maximum Gasteiger partial charge on any atom is 0.191 e. The number of hydrogen-bond donors (Lipinski definition) is 1. The fourth-order valence-corrected chi connectivity index (χ4v) is 3.28. The van der Waals surface area contributed by atoms with Gasteiger partial charge in [0.15, 0.2) is 5.96 Å². The van der Waals surface area contributed by atoms with E-state index in [0.717, 1.165) is 57.5 Å². The standard InChI is InChI=1S/C18H28FN5/c1-2-22(16-7-8-16)10-9-21-18(20)24-13-11-23(12-14-24)17-5-3-15(19)4-6-17/h3-6,16H,2,7-14H2,1H3,(H2,20,21). The van der Waals surface area contributed by atoms with E-state index >= 15 is 0 Å². The first-order chi connectivity index (χ1) is 11.7. The maximum absolute atomic E-state index is 13.0. The molecule has 2 fully saturated rings. The van der Waals surface area contributed by atoms with Crippen molar-refractivity contribution in [2.75, 3.05) is 50.7 Å². The Hall–Kier alpha value is -1.82. The zero-order valence-corrected chi connectivity index (χ0v) is 14.5. The molecule has 1 aromatic rings. The van der Waals surface area contributed by atoms with Gasteiger partial charge in [-0.05, 0) is 43.7 Å². The largest absolute Gasteiger partial charge is 0.370 e. The van der Waals surface area contributed by atoms with Crippen LogP contribution in [0.5, 0.6) is 0 Å². The first kappa shape index (κ1) is 17.0. The molecule has 1 heterocycles. The zero-order valence-electron chi connectivity index (χ0n) is 14.5. The molecule has 1 saturated heterocycles. The number of piperazine rings is 1. The Kier molecular flexibility index (Phi) is 5.56. The Morgan fingerprint density at radius 3 is 2.46 bits per heavy atom. The second kappa shape index (κ2) is 7.83. The van der Waals surface area contributed by atoms with Gasteiger partial charge >= 0.3 is 0 Å². The monoisotopic (exact) mass is 333 g/mol. The molecule has 1 saturated carbocycles. The summed E-state index contributed by atoms with van der Waals surface area (Å²) in [5, 5.41) is 0. The second-order valence-electron chi connectivity index (χ2n) is 6.55. The van der Waals surface area contributed by atoms with E-state index in [1.54, 1.807) is 0 Å². The summed E-state index contributed by atoms with van der Waals surface area (Å²) in [5.41, 5.74) is 7.23. The van der Waals surface area contributed by atoms with E-state index in [1.165, 1.54) is 25.0 Å². The fourth-order valence-electron chi connectivity index (χ4n) is 3.28. The summed E-state index contributed by atoms with van der Waals surface area (Å²) in [6, 6.07) is 7.47. The van der Waals surface area contributed by atoms with Gasteiger partial charge in [0.25, 0.3) is 0 Å². The van der Waals surface area contributed by atoms with Gasteiger partial charge in [-0.25, -0.2) is 4.39 Å². The van der Waals surface area contributed by atoms with Crippen molar-refractivity contribution in [1.29, 1.82) is 0 Å². The van der Waals surface area contributed by atoms with E-state index in [0.29, 0.717) is 5.96 Å². The molecule has 0 unspecified atom stereocenters. The van der Waals surface area contributed by atoms with Gasteiger partial charge in [0.1, 0.15) is 5.82 Å². The van der Waals surface area contributed by atoms with Crippen molar-refractivity contribution < 1.29 is 4.39 Å². The Bertz CT molecular complexity index is 547. The average Bonchev–Trinajstić information content (AvgIpc) is 3.44. The number of nitrogens with two attached hydrogens (primary N) is 1. The number of nitrogens with zero attached hydrogens (tertiary/aromatic N) is 4. The van der Waals surface area contributed by atoms with E-state index in [-0.39, 0.29) is 5.82 Å². The number of guanidine groups is 1. The summed E-state index contributed by atoms with van der Waals surface area (Å²) >= 11 is 0. The minimum Gasteiger partial charge on any atom is -0.370 e. The second-order valence-corrected chi connectivity index (χ2v) is 6.55. The van der Waals surface area contributed by atoms with Crippen molar-refractivity contribution in [3.05, 3.63) is 30.1 Å². The predicted molar refractivity (Wildman–Crippen MR) is 96.9 cm³/mol. The predicted octanol–water partition coefficient (Wildman–Crippen LogP) is 1.75. The summed E-state index contributed by atoms with van der Waals surface area (Å²) in [4.78, 5) is 11.5. The highest BCUT2D eigenvalue weighted by Gasteiger charge is 2.27. The molecule has 1 aromatic carbocycles. The van der Waals surface area contributed by atoms with Gasteiger partial charge in [-0.15, -0.1) is 0 Å². The first-order valence-corrected chi connectivity index (χ1v) is 8.97. The quantitative estimate of drug-likeness (QED) is 0.636. The van der Waals surface area contributed by atoms with Gasteiger partial charge in [0.05, 0.1) is 6.54 Å². The minimum absolute atomic E-state index is 0.193. The number of hydrogen-bond acceptors (Lipinski definition) is 3. The lowest BCUT2D eigenvalue weighted by Gasteiger charge is -2.36. The Morgan fingerprint density at radius 1 is 1.21 bits per heavy atom. The molecule has 1 aliphatic heterocycles. The van der Waals surface area contributed by atoms with Crippen LogP contribution in [0.2, 0.25) is 0 Å². The number of aliphatic imine (C=N–C) groups is 1. The molecule has 0 aromatic heterocycles. The number of benzene rings is 1. The first-order valence-electron chi connectivity index (χ1n) is 8.97. The van der Waals surface area contributed by atoms with Gasteiger partial charge in [-0.2, -0.15) is 0 Å². The maximum atomic E-state index is 13.0. The highest BCUT2D eigenvalue weighted by atomic mass is 19.1. The lowest BCUT2D eigenvalue weighted by molar-refractivity contribution is 0.285. The van der Waals surface area contributed by atoms with Crippen molar-refractivity contribution in [1.82, 2.24) is 9.80 Å². The van der Waals surface area contributed by atoms with Gasteiger partial charge in [0, 0.05) is 44.5 Å². The van der Waals surface area contributed by atoms with Crippen LogP contribution >= 0.6 is 0 Å². The zero-order chi connectivity index (χ0) is 16.9. The van der Waals surface area contributed by atoms with Gasteiger partial charge < -0.3 is 15.5 Å². The van der Waals surface area contributed by atoms with Crippen LogP contribution in [-0.2, 0) is 0 Å². The van der Waals surface area contributed by atoms with Crippen LogP contribution in [0.25, 0.3) is 0 Å². The van der Waals surface area contributed by atoms with Gasteiger partial charge in [-0.3, -0.25) is 9.89 Å². The third-order valence-electron chi connectivity index (χ3n) is 4.93. The Labute approximate surface area is 143 Å². The molecular formula is C18H28FN5. The van der Waals surface area contributed by atoms with Gasteiger partial charge in [0.2, 0.25) is 0 Å². The highest BCUT2D eigenvalue weighted by Crippen LogP contribution is 2.26. The lowest BCUT2D eigenvalue weighted by Crippen LogP contribution is -2.51. The fraction of sp³-hybridized carbons (Fsp3) is 0.611. The van der Waals surface area contributed by atoms with E-state index in [9.17, 15) is 4.39 Å². The van der Waals surface area contributed by atoms with Crippen molar-refractivity contribution in [2.45, 2.75) is 25.8 Å². The molecular weight excluding hydrogens is 305 g/mol. The molecule has 1 aliphatic carbocycles. The van der Waals surface area contributed by atoms with E-state index < -0.39 is 0 Å². The molecule has 2 aliphatic rings. The average molecular weight is 333 g/mol. The third kappa shape index (κ3) is 4.38. The molecule has 3 rings (SSSR count). The normalized spacial score (nSPS) is 19.2. The number of halogens is 1. The third-order valence-corrected chi connectivity index (χ3v) is 4.93. The molecule has 0 spiro atoms. The smallest absolute Gasteiger partial charge is 0.191 e.